The average Bonchev–Trinajstić information content (AvgIpc) is 2.40. The topological polar surface area (TPSA) is 34.1 Å². The molecular weight excluding hydrogens is 236 g/mol. The minimum absolute atomic E-state index is 0.742. The second kappa shape index (κ2) is 6.34. The van der Waals surface area contributed by atoms with E-state index in [1.54, 1.807) is 7.11 Å². The van der Waals surface area contributed by atoms with Gasteiger partial charge in [0.25, 0.3) is 0 Å². The number of pyridine rings is 1. The van der Waals surface area contributed by atoms with Gasteiger partial charge in [0, 0.05) is 30.9 Å². The summed E-state index contributed by atoms with van der Waals surface area (Å²) in [5, 5.41) is 3.42. The minimum atomic E-state index is 0.742. The quantitative estimate of drug-likeness (QED) is 0.893. The zero-order valence-electron chi connectivity index (χ0n) is 11.7. The van der Waals surface area contributed by atoms with Crippen LogP contribution in [0.25, 0.3) is 0 Å². The Labute approximate surface area is 114 Å². The predicted molar refractivity (Wildman–Crippen MR) is 77.2 cm³/mol. The lowest BCUT2D eigenvalue weighted by atomic mass is 10.1. The number of methoxy groups -OCH3 is 1. The Morgan fingerprint density at radius 3 is 2.63 bits per heavy atom. The molecule has 3 nitrogen and oxygen atoms in total. The van der Waals surface area contributed by atoms with E-state index < -0.39 is 0 Å². The van der Waals surface area contributed by atoms with Crippen molar-refractivity contribution in [2.75, 3.05) is 7.11 Å². The molecule has 0 aliphatic carbocycles. The molecule has 2 rings (SSSR count). The van der Waals surface area contributed by atoms with Crippen LogP contribution in [0.3, 0.4) is 0 Å². The lowest BCUT2D eigenvalue weighted by Gasteiger charge is -2.09. The SMILES string of the molecule is COc1cc(C)nc(CNCc2ccccc2C)c1. The maximum Gasteiger partial charge on any atom is 0.122 e. The van der Waals surface area contributed by atoms with Gasteiger partial charge in [0.05, 0.1) is 12.8 Å². The molecule has 0 atom stereocenters. The van der Waals surface area contributed by atoms with Crippen molar-refractivity contribution in [1.29, 1.82) is 0 Å². The number of hydrogen-bond acceptors (Lipinski definition) is 3. The Morgan fingerprint density at radius 2 is 1.89 bits per heavy atom. The smallest absolute Gasteiger partial charge is 0.122 e. The molecule has 0 amide bonds. The van der Waals surface area contributed by atoms with Crippen LogP contribution in [0, 0.1) is 13.8 Å². The van der Waals surface area contributed by atoms with Gasteiger partial charge in [-0.1, -0.05) is 24.3 Å². The zero-order chi connectivity index (χ0) is 13.7. The van der Waals surface area contributed by atoms with Gasteiger partial charge >= 0.3 is 0 Å². The predicted octanol–water partition coefficient (Wildman–Crippen LogP) is 3.00. The number of hydrogen-bond donors (Lipinski definition) is 1. The molecule has 1 aromatic heterocycles. The van der Waals surface area contributed by atoms with E-state index in [0.717, 1.165) is 30.2 Å². The van der Waals surface area contributed by atoms with E-state index in [0.29, 0.717) is 0 Å². The van der Waals surface area contributed by atoms with Crippen molar-refractivity contribution in [2.24, 2.45) is 0 Å². The molecule has 0 saturated carbocycles. The van der Waals surface area contributed by atoms with Gasteiger partial charge in [0.1, 0.15) is 5.75 Å². The Bertz CT molecular complexity index is 552. The molecule has 1 heterocycles. The molecule has 19 heavy (non-hydrogen) atoms. The van der Waals surface area contributed by atoms with Crippen LogP contribution >= 0.6 is 0 Å². The van der Waals surface area contributed by atoms with Crippen molar-refractivity contribution in [1.82, 2.24) is 10.3 Å². The second-order valence-corrected chi connectivity index (χ2v) is 4.67. The summed E-state index contributed by atoms with van der Waals surface area (Å²) in [6.45, 7) is 5.70. The summed E-state index contributed by atoms with van der Waals surface area (Å²) in [6.07, 6.45) is 0. The van der Waals surface area contributed by atoms with Gasteiger partial charge in [-0.15, -0.1) is 0 Å². The second-order valence-electron chi connectivity index (χ2n) is 4.67. The molecule has 1 aromatic carbocycles. The third-order valence-electron chi connectivity index (χ3n) is 3.10. The van der Waals surface area contributed by atoms with Gasteiger partial charge in [-0.2, -0.15) is 0 Å². The minimum Gasteiger partial charge on any atom is -0.497 e. The van der Waals surface area contributed by atoms with E-state index in [-0.39, 0.29) is 0 Å². The number of rotatable bonds is 5. The fourth-order valence-electron chi connectivity index (χ4n) is 2.04. The number of nitrogens with zero attached hydrogens (tertiary/aromatic N) is 1. The van der Waals surface area contributed by atoms with Crippen molar-refractivity contribution in [3.05, 3.63) is 58.9 Å². The van der Waals surface area contributed by atoms with Crippen LogP contribution in [-0.4, -0.2) is 12.1 Å². The van der Waals surface area contributed by atoms with Crippen LogP contribution in [0.5, 0.6) is 5.75 Å². The van der Waals surface area contributed by atoms with E-state index in [9.17, 15) is 0 Å². The van der Waals surface area contributed by atoms with E-state index in [1.807, 2.05) is 19.1 Å². The third kappa shape index (κ3) is 3.80. The number of ether oxygens (including phenoxy) is 1. The number of nitrogens with one attached hydrogen (secondary N) is 1. The largest absolute Gasteiger partial charge is 0.497 e. The van der Waals surface area contributed by atoms with Gasteiger partial charge in [0.2, 0.25) is 0 Å². The Balaban J connectivity index is 1.96. The molecule has 0 fully saturated rings. The Kier molecular flexibility index (Phi) is 4.53. The fourth-order valence-corrected chi connectivity index (χ4v) is 2.04. The van der Waals surface area contributed by atoms with E-state index in [2.05, 4.69) is 41.5 Å². The molecule has 2 aromatic rings. The molecule has 0 unspecified atom stereocenters. The highest BCUT2D eigenvalue weighted by Crippen LogP contribution is 2.13. The summed E-state index contributed by atoms with van der Waals surface area (Å²) in [5.74, 6) is 0.861. The summed E-state index contributed by atoms with van der Waals surface area (Å²) in [4.78, 5) is 4.49. The van der Waals surface area contributed by atoms with E-state index >= 15 is 0 Å². The molecule has 100 valence electrons. The van der Waals surface area contributed by atoms with Crippen LogP contribution in [-0.2, 0) is 13.1 Å². The average molecular weight is 256 g/mol. The van der Waals surface area contributed by atoms with Crippen LogP contribution in [0.1, 0.15) is 22.5 Å². The van der Waals surface area contributed by atoms with Gasteiger partial charge < -0.3 is 10.1 Å². The van der Waals surface area contributed by atoms with Gasteiger partial charge in [0.15, 0.2) is 0 Å². The molecule has 1 N–H and O–H groups in total. The first-order chi connectivity index (χ1) is 9.19. The summed E-state index contributed by atoms with van der Waals surface area (Å²) in [7, 11) is 1.68. The highest BCUT2D eigenvalue weighted by Gasteiger charge is 2.01. The first-order valence-corrected chi connectivity index (χ1v) is 6.46. The standard InChI is InChI=1S/C16H20N2O/c1-12-6-4-5-7-14(12)10-17-11-15-9-16(19-3)8-13(2)18-15/h4-9,17H,10-11H2,1-3H3. The maximum atomic E-state index is 5.25. The van der Waals surface area contributed by atoms with E-state index in [4.69, 9.17) is 4.74 Å². The highest BCUT2D eigenvalue weighted by molar-refractivity contribution is 5.27. The van der Waals surface area contributed by atoms with Gasteiger partial charge in [-0.05, 0) is 25.0 Å². The molecule has 0 bridgehead atoms. The van der Waals surface area contributed by atoms with Crippen molar-refractivity contribution < 1.29 is 4.74 Å². The molecule has 0 aliphatic heterocycles. The first kappa shape index (κ1) is 13.6. The lowest BCUT2D eigenvalue weighted by Crippen LogP contribution is -2.14. The number of benzene rings is 1. The van der Waals surface area contributed by atoms with Crippen molar-refractivity contribution in [3.8, 4) is 5.75 Å². The number of aryl methyl sites for hydroxylation is 2. The van der Waals surface area contributed by atoms with Crippen molar-refractivity contribution in [3.63, 3.8) is 0 Å². The van der Waals surface area contributed by atoms with Crippen LogP contribution in [0.15, 0.2) is 36.4 Å². The van der Waals surface area contributed by atoms with Crippen LogP contribution in [0.4, 0.5) is 0 Å². The molecule has 0 aliphatic rings. The summed E-state index contributed by atoms with van der Waals surface area (Å²) >= 11 is 0. The van der Waals surface area contributed by atoms with Gasteiger partial charge in [-0.25, -0.2) is 0 Å². The van der Waals surface area contributed by atoms with Crippen LogP contribution in [0.2, 0.25) is 0 Å². The normalized spacial score (nSPS) is 10.5. The molecular formula is C16H20N2O. The van der Waals surface area contributed by atoms with E-state index in [1.165, 1.54) is 11.1 Å². The first-order valence-electron chi connectivity index (χ1n) is 6.46. The molecule has 0 radical (unpaired) electrons. The monoisotopic (exact) mass is 256 g/mol. The Morgan fingerprint density at radius 1 is 1.11 bits per heavy atom. The number of aromatic nitrogens is 1. The van der Waals surface area contributed by atoms with Gasteiger partial charge in [-0.3, -0.25) is 4.98 Å². The highest BCUT2D eigenvalue weighted by atomic mass is 16.5. The molecule has 3 heteroatoms. The zero-order valence-corrected chi connectivity index (χ0v) is 11.7. The molecule has 0 spiro atoms. The fraction of sp³-hybridized carbons (Fsp3) is 0.312. The summed E-state index contributed by atoms with van der Waals surface area (Å²) in [5.41, 5.74) is 4.62. The third-order valence-corrected chi connectivity index (χ3v) is 3.10. The molecule has 0 saturated heterocycles. The Hall–Kier alpha value is -1.87. The maximum absolute atomic E-state index is 5.25. The van der Waals surface area contributed by atoms with Crippen molar-refractivity contribution in [2.45, 2.75) is 26.9 Å². The summed E-state index contributed by atoms with van der Waals surface area (Å²) in [6, 6.07) is 12.3. The van der Waals surface area contributed by atoms with Crippen molar-refractivity contribution >= 4 is 0 Å². The summed E-state index contributed by atoms with van der Waals surface area (Å²) < 4.78 is 5.25. The van der Waals surface area contributed by atoms with Crippen LogP contribution < -0.4 is 10.1 Å². The lowest BCUT2D eigenvalue weighted by molar-refractivity contribution is 0.412.